The monoisotopic (exact) mass is 948 g/mol. The summed E-state index contributed by atoms with van der Waals surface area (Å²) in [4.78, 5) is 0. The van der Waals surface area contributed by atoms with Crippen molar-refractivity contribution in [2.45, 2.75) is 98.8 Å². The molecular formula is C26H40F20N4O6S2. The Labute approximate surface area is 318 Å². The molecule has 58 heavy (non-hydrogen) atoms. The average molecular weight is 949 g/mol. The third kappa shape index (κ3) is 21.7. The lowest BCUT2D eigenvalue weighted by Crippen LogP contribution is -2.56. The quantitative estimate of drug-likeness (QED) is 0.0508. The van der Waals surface area contributed by atoms with Crippen LogP contribution >= 0.6 is 0 Å². The molecule has 0 fully saturated rings. The van der Waals surface area contributed by atoms with E-state index in [1.165, 1.54) is 28.2 Å². The molecule has 352 valence electrons. The smallest absolute Gasteiger partial charge is 0.431 e. The highest BCUT2D eigenvalue weighted by Gasteiger charge is 2.76. The highest BCUT2D eigenvalue weighted by molar-refractivity contribution is 7.89. The number of hydrogen-bond donors (Lipinski definition) is 2. The van der Waals surface area contributed by atoms with E-state index >= 15 is 0 Å². The van der Waals surface area contributed by atoms with Gasteiger partial charge in [0, 0.05) is 38.8 Å². The molecule has 0 unspecified atom stereocenters. The van der Waals surface area contributed by atoms with E-state index in [1.807, 2.05) is 0 Å². The van der Waals surface area contributed by atoms with E-state index in [2.05, 4.69) is 0 Å². The molecule has 0 spiro atoms. The Balaban J connectivity index is 0. The minimum atomic E-state index is -6.85. The summed E-state index contributed by atoms with van der Waals surface area (Å²) in [7, 11) is -4.00. The Morgan fingerprint density at radius 3 is 0.914 bits per heavy atom. The highest BCUT2D eigenvalue weighted by atomic mass is 32.2. The van der Waals surface area contributed by atoms with Gasteiger partial charge in [-0.15, -0.1) is 0 Å². The number of halogens is 20. The van der Waals surface area contributed by atoms with Crippen LogP contribution in [0.5, 0.6) is 0 Å². The Morgan fingerprint density at radius 1 is 0.431 bits per heavy atom. The first kappa shape index (κ1) is 58.4. The molecule has 0 bridgehead atoms. The van der Waals surface area contributed by atoms with Gasteiger partial charge in [0.1, 0.15) is 0 Å². The fourth-order valence-corrected chi connectivity index (χ4v) is 6.47. The Bertz CT molecular complexity index is 1460. The third-order valence-electron chi connectivity index (χ3n) is 7.18. The fraction of sp³-hybridized carbons (Fsp3) is 1.00. The minimum absolute atomic E-state index is 0.00185. The SMILES string of the molecule is C[N+](C)([O-])CCCNS(=O)(=O)CCC(F)(F)CC(F)(C(F)(F)F)C(F)(F)F.C[N+](C)([O-])CCCNS(=O)(=O)CCC(F)(F)CC(F)(F)CC(F)(C(F)(F)F)C(F)(F)F. The summed E-state index contributed by atoms with van der Waals surface area (Å²) in [6, 6.07) is 0. The zero-order chi connectivity index (χ0) is 47.1. The van der Waals surface area contributed by atoms with Gasteiger partial charge in [-0.3, -0.25) is 0 Å². The predicted octanol–water partition coefficient (Wildman–Crippen LogP) is 7.26. The second kappa shape index (κ2) is 19.5. The molecule has 0 amide bonds. The largest absolute Gasteiger partial charge is 0.633 e. The summed E-state index contributed by atoms with van der Waals surface area (Å²) in [5.74, 6) is -18.1. The molecule has 32 heteroatoms. The zero-order valence-electron chi connectivity index (χ0n) is 30.4. The van der Waals surface area contributed by atoms with Crippen molar-refractivity contribution in [2.75, 3.05) is 65.9 Å². The van der Waals surface area contributed by atoms with Gasteiger partial charge in [-0.25, -0.2) is 61.4 Å². The van der Waals surface area contributed by atoms with Crippen LogP contribution in [0.3, 0.4) is 0 Å². The summed E-state index contributed by atoms with van der Waals surface area (Å²) in [5, 5.41) is 22.5. The summed E-state index contributed by atoms with van der Waals surface area (Å²) in [5.41, 5.74) is -12.6. The van der Waals surface area contributed by atoms with Crippen molar-refractivity contribution < 1.29 is 114 Å². The van der Waals surface area contributed by atoms with E-state index in [0.29, 0.717) is 0 Å². The summed E-state index contributed by atoms with van der Waals surface area (Å²) in [6.07, 6.45) is -40.7. The van der Waals surface area contributed by atoms with Crippen LogP contribution in [0.1, 0.15) is 44.9 Å². The molecule has 0 saturated heterocycles. The maximum atomic E-state index is 13.7. The number of quaternary nitrogens is 2. The maximum Gasteiger partial charge on any atom is 0.431 e. The zero-order valence-corrected chi connectivity index (χ0v) is 32.0. The number of hydrogen-bond acceptors (Lipinski definition) is 6. The lowest BCUT2D eigenvalue weighted by Gasteiger charge is -2.34. The first-order valence-electron chi connectivity index (χ1n) is 15.8. The molecule has 0 aromatic rings. The molecule has 0 aromatic carbocycles. The van der Waals surface area contributed by atoms with Gasteiger partial charge in [-0.05, 0) is 0 Å². The van der Waals surface area contributed by atoms with Crippen molar-refractivity contribution in [1.29, 1.82) is 0 Å². The first-order valence-corrected chi connectivity index (χ1v) is 19.1. The van der Waals surface area contributed by atoms with Crippen LogP contribution in [0.4, 0.5) is 87.8 Å². The Hall–Kier alpha value is -1.74. The van der Waals surface area contributed by atoms with Gasteiger partial charge in [0.05, 0.1) is 72.0 Å². The van der Waals surface area contributed by atoms with E-state index in [9.17, 15) is 115 Å². The molecule has 0 aliphatic rings. The topological polar surface area (TPSA) is 138 Å². The van der Waals surface area contributed by atoms with Crippen LogP contribution in [0.25, 0.3) is 0 Å². The lowest BCUT2D eigenvalue weighted by molar-refractivity contribution is -0.840. The number of alkyl halides is 20. The van der Waals surface area contributed by atoms with E-state index < -0.39 is 127 Å². The van der Waals surface area contributed by atoms with Gasteiger partial charge < -0.3 is 19.7 Å². The second-order valence-electron chi connectivity index (χ2n) is 13.9. The standard InChI is InChI=1S/C14H21F11N2O3S.C12H19F9N2O3S/c1-27(2,28)6-3-5-26-31(29,30)7-4-10(15,16)8-11(17,18)9-12(19,13(20,21)22)14(23,24)25;1-23(2,24)6-3-5-22-27(25,26)7-4-9(13,14)8-10(15,11(16,17)18)12(19,20)21/h26H,3-9H2,1-2H3;22H,3-8H2,1-2H3. The molecule has 0 radical (unpaired) electrons. The minimum Gasteiger partial charge on any atom is -0.633 e. The second-order valence-corrected chi connectivity index (χ2v) is 17.8. The number of nitrogens with zero attached hydrogens (tertiary/aromatic N) is 2. The van der Waals surface area contributed by atoms with Gasteiger partial charge in [0.2, 0.25) is 20.0 Å². The van der Waals surface area contributed by atoms with Gasteiger partial charge >= 0.3 is 36.0 Å². The highest BCUT2D eigenvalue weighted by Crippen LogP contribution is 2.54. The van der Waals surface area contributed by atoms with Crippen LogP contribution in [-0.2, 0) is 20.0 Å². The van der Waals surface area contributed by atoms with Gasteiger partial charge in [0.15, 0.2) is 0 Å². The molecular weight excluding hydrogens is 908 g/mol. The van der Waals surface area contributed by atoms with Crippen molar-refractivity contribution in [3.05, 3.63) is 10.4 Å². The van der Waals surface area contributed by atoms with Crippen molar-refractivity contribution in [3.63, 3.8) is 0 Å². The predicted molar refractivity (Wildman–Crippen MR) is 163 cm³/mol. The molecule has 0 aliphatic carbocycles. The molecule has 0 rings (SSSR count). The molecule has 0 aromatic heterocycles. The molecule has 0 aliphatic heterocycles. The summed E-state index contributed by atoms with van der Waals surface area (Å²) in [6.45, 7) is -0.819. The van der Waals surface area contributed by atoms with Gasteiger partial charge in [0.25, 0.3) is 17.8 Å². The van der Waals surface area contributed by atoms with E-state index in [-0.39, 0.29) is 39.0 Å². The molecule has 2 N–H and O–H groups in total. The lowest BCUT2D eigenvalue weighted by atomic mass is 9.92. The van der Waals surface area contributed by atoms with Gasteiger partial charge in [-0.2, -0.15) is 52.7 Å². The van der Waals surface area contributed by atoms with Crippen LogP contribution in [0, 0.1) is 10.4 Å². The number of nitrogens with one attached hydrogen (secondary N) is 2. The number of rotatable bonds is 22. The molecule has 0 saturated carbocycles. The van der Waals surface area contributed by atoms with E-state index in [0.717, 1.165) is 0 Å². The maximum absolute atomic E-state index is 13.7. The van der Waals surface area contributed by atoms with Crippen LogP contribution in [0.2, 0.25) is 0 Å². The molecule has 0 atom stereocenters. The van der Waals surface area contributed by atoms with Crippen LogP contribution in [-0.4, -0.2) is 146 Å². The van der Waals surface area contributed by atoms with Crippen molar-refractivity contribution in [1.82, 2.24) is 9.44 Å². The van der Waals surface area contributed by atoms with E-state index in [4.69, 9.17) is 0 Å². The Kier molecular flexibility index (Phi) is 19.7. The summed E-state index contributed by atoms with van der Waals surface area (Å²) < 4.78 is 304. The average Bonchev–Trinajstić information content (AvgIpc) is 2.92. The summed E-state index contributed by atoms with van der Waals surface area (Å²) >= 11 is 0. The van der Waals surface area contributed by atoms with Gasteiger partial charge in [-0.1, -0.05) is 0 Å². The Morgan fingerprint density at radius 2 is 0.672 bits per heavy atom. The van der Waals surface area contributed by atoms with Crippen LogP contribution < -0.4 is 9.44 Å². The van der Waals surface area contributed by atoms with Crippen molar-refractivity contribution in [2.24, 2.45) is 0 Å². The molecule has 0 heterocycles. The number of sulfonamides is 2. The van der Waals surface area contributed by atoms with E-state index in [1.54, 1.807) is 9.44 Å². The normalized spacial score (nSPS) is 15.3. The van der Waals surface area contributed by atoms with Crippen molar-refractivity contribution >= 4 is 20.0 Å². The van der Waals surface area contributed by atoms with Crippen molar-refractivity contribution in [3.8, 4) is 0 Å². The third-order valence-corrected chi connectivity index (χ3v) is 9.95. The first-order chi connectivity index (χ1) is 24.9. The van der Waals surface area contributed by atoms with Crippen LogP contribution in [0.15, 0.2) is 0 Å². The molecule has 10 nitrogen and oxygen atoms in total. The number of hydroxylamine groups is 6. The fourth-order valence-electron chi connectivity index (χ4n) is 4.14.